The van der Waals surface area contributed by atoms with Crippen molar-refractivity contribution < 1.29 is 14.7 Å². The van der Waals surface area contributed by atoms with Crippen molar-refractivity contribution in [2.24, 2.45) is 5.41 Å². The van der Waals surface area contributed by atoms with Gasteiger partial charge in [0.2, 0.25) is 11.8 Å². The number of aliphatic hydroxyl groups is 1. The number of amides is 2. The molecule has 1 aliphatic rings. The van der Waals surface area contributed by atoms with Gasteiger partial charge in [-0.2, -0.15) is 0 Å². The molecular formula is C10H13NO3. The summed E-state index contributed by atoms with van der Waals surface area (Å²) < 4.78 is 0. The first kappa shape index (κ1) is 10.7. The minimum absolute atomic E-state index is 0.00889. The van der Waals surface area contributed by atoms with Gasteiger partial charge in [0.1, 0.15) is 0 Å². The number of hydrogen-bond acceptors (Lipinski definition) is 3. The number of nitrogens with one attached hydrogen (secondary N) is 1. The summed E-state index contributed by atoms with van der Waals surface area (Å²) in [6.45, 7) is 6.93. The van der Waals surface area contributed by atoms with E-state index in [0.717, 1.165) is 0 Å². The minimum Gasteiger partial charge on any atom is -0.388 e. The Morgan fingerprint density at radius 3 is 2.57 bits per heavy atom. The van der Waals surface area contributed by atoms with Gasteiger partial charge in [0.25, 0.3) is 0 Å². The van der Waals surface area contributed by atoms with Gasteiger partial charge in [0, 0.05) is 6.42 Å². The first-order chi connectivity index (χ1) is 6.56. The lowest BCUT2D eigenvalue weighted by Crippen LogP contribution is -2.40. The van der Waals surface area contributed by atoms with Crippen LogP contribution in [0.4, 0.5) is 0 Å². The van der Waals surface area contributed by atoms with Crippen LogP contribution in [0.5, 0.6) is 0 Å². The number of allylic oxidation sites excluding steroid dienone is 1. The molecule has 2 atom stereocenters. The third-order valence-electron chi connectivity index (χ3n) is 2.48. The fraction of sp³-hybridized carbons (Fsp3) is 0.400. The van der Waals surface area contributed by atoms with Crippen LogP contribution in [0.15, 0.2) is 25.3 Å². The van der Waals surface area contributed by atoms with Gasteiger partial charge in [-0.05, 0) is 6.42 Å². The fourth-order valence-electron chi connectivity index (χ4n) is 1.67. The Morgan fingerprint density at radius 1 is 1.57 bits per heavy atom. The maximum atomic E-state index is 11.5. The van der Waals surface area contributed by atoms with E-state index in [1.54, 1.807) is 0 Å². The Hall–Kier alpha value is -1.42. The van der Waals surface area contributed by atoms with Crippen molar-refractivity contribution >= 4 is 11.8 Å². The lowest BCUT2D eigenvalue weighted by molar-refractivity contribution is -0.132. The third kappa shape index (κ3) is 1.48. The molecule has 14 heavy (non-hydrogen) atoms. The van der Waals surface area contributed by atoms with Crippen molar-refractivity contribution in [3.8, 4) is 0 Å². The summed E-state index contributed by atoms with van der Waals surface area (Å²) in [5.41, 5.74) is -1.10. The van der Waals surface area contributed by atoms with Crippen LogP contribution in [0, 0.1) is 5.41 Å². The highest BCUT2D eigenvalue weighted by atomic mass is 16.3. The van der Waals surface area contributed by atoms with Gasteiger partial charge in [-0.25, -0.2) is 0 Å². The smallest absolute Gasteiger partial charge is 0.236 e. The van der Waals surface area contributed by atoms with E-state index >= 15 is 0 Å². The average molecular weight is 195 g/mol. The highest BCUT2D eigenvalue weighted by Crippen LogP contribution is 2.36. The van der Waals surface area contributed by atoms with E-state index in [1.165, 1.54) is 12.2 Å². The molecule has 4 nitrogen and oxygen atoms in total. The zero-order chi connectivity index (χ0) is 10.8. The predicted molar refractivity (Wildman–Crippen MR) is 51.2 cm³/mol. The van der Waals surface area contributed by atoms with Crippen LogP contribution in [-0.2, 0) is 9.59 Å². The summed E-state index contributed by atoms with van der Waals surface area (Å²) in [6.07, 6.45) is 2.02. The van der Waals surface area contributed by atoms with Crippen molar-refractivity contribution in [2.45, 2.75) is 18.9 Å². The second-order valence-electron chi connectivity index (χ2n) is 3.38. The van der Waals surface area contributed by atoms with Gasteiger partial charge in [-0.15, -0.1) is 13.2 Å². The Labute approximate surface area is 82.3 Å². The van der Waals surface area contributed by atoms with Crippen molar-refractivity contribution in [1.82, 2.24) is 5.32 Å². The summed E-state index contributed by atoms with van der Waals surface area (Å²) >= 11 is 0. The number of carbonyl (C=O) groups excluding carboxylic acids is 2. The maximum Gasteiger partial charge on any atom is 0.236 e. The van der Waals surface area contributed by atoms with E-state index in [0.29, 0.717) is 0 Å². The second-order valence-corrected chi connectivity index (χ2v) is 3.38. The molecule has 0 aromatic heterocycles. The Kier molecular flexibility index (Phi) is 2.86. The van der Waals surface area contributed by atoms with Gasteiger partial charge in [-0.1, -0.05) is 12.2 Å². The fourth-order valence-corrected chi connectivity index (χ4v) is 1.67. The number of imide groups is 1. The topological polar surface area (TPSA) is 66.4 Å². The second kappa shape index (κ2) is 3.75. The van der Waals surface area contributed by atoms with Crippen LogP contribution in [0.2, 0.25) is 0 Å². The van der Waals surface area contributed by atoms with E-state index in [1.807, 2.05) is 0 Å². The SMILES string of the molecule is C=CCC1(C(O)C=C)CC(=O)NC1=O. The molecule has 2 unspecified atom stereocenters. The van der Waals surface area contributed by atoms with Crippen LogP contribution in [0.3, 0.4) is 0 Å². The Balaban J connectivity index is 3.03. The molecule has 1 rings (SSSR count). The molecule has 1 saturated heterocycles. The molecule has 2 amide bonds. The molecule has 76 valence electrons. The summed E-state index contributed by atoms with van der Waals surface area (Å²) in [5, 5.41) is 11.8. The molecule has 0 saturated carbocycles. The van der Waals surface area contributed by atoms with Gasteiger partial charge >= 0.3 is 0 Å². The van der Waals surface area contributed by atoms with Crippen molar-refractivity contribution in [3.05, 3.63) is 25.3 Å². The molecule has 1 aliphatic heterocycles. The van der Waals surface area contributed by atoms with E-state index < -0.39 is 17.4 Å². The summed E-state index contributed by atoms with van der Waals surface area (Å²) in [7, 11) is 0. The van der Waals surface area contributed by atoms with E-state index in [2.05, 4.69) is 18.5 Å². The van der Waals surface area contributed by atoms with Crippen molar-refractivity contribution in [2.75, 3.05) is 0 Å². The van der Waals surface area contributed by atoms with Crippen LogP contribution in [-0.4, -0.2) is 23.0 Å². The Morgan fingerprint density at radius 2 is 2.21 bits per heavy atom. The average Bonchev–Trinajstić information content (AvgIpc) is 2.42. The minimum atomic E-state index is -1.10. The molecule has 0 aromatic carbocycles. The predicted octanol–water partition coefficient (Wildman–Crippen LogP) is 0.142. The van der Waals surface area contributed by atoms with Gasteiger partial charge < -0.3 is 5.11 Å². The van der Waals surface area contributed by atoms with Crippen LogP contribution < -0.4 is 5.32 Å². The molecule has 0 radical (unpaired) electrons. The lowest BCUT2D eigenvalue weighted by Gasteiger charge is -2.27. The molecule has 4 heteroatoms. The van der Waals surface area contributed by atoms with Crippen LogP contribution in [0.1, 0.15) is 12.8 Å². The van der Waals surface area contributed by atoms with Crippen LogP contribution in [0.25, 0.3) is 0 Å². The third-order valence-corrected chi connectivity index (χ3v) is 2.48. The molecule has 0 spiro atoms. The highest BCUT2D eigenvalue weighted by molar-refractivity contribution is 6.06. The van der Waals surface area contributed by atoms with E-state index in [-0.39, 0.29) is 18.7 Å². The van der Waals surface area contributed by atoms with E-state index in [4.69, 9.17) is 0 Å². The number of carbonyl (C=O) groups is 2. The summed E-state index contributed by atoms with van der Waals surface area (Å²) in [6, 6.07) is 0. The first-order valence-electron chi connectivity index (χ1n) is 4.32. The maximum absolute atomic E-state index is 11.5. The van der Waals surface area contributed by atoms with Gasteiger partial charge in [0.15, 0.2) is 0 Å². The highest BCUT2D eigenvalue weighted by Gasteiger charge is 2.49. The quantitative estimate of drug-likeness (QED) is 0.495. The van der Waals surface area contributed by atoms with Crippen molar-refractivity contribution in [1.29, 1.82) is 0 Å². The molecule has 1 fully saturated rings. The molecule has 0 aromatic rings. The zero-order valence-corrected chi connectivity index (χ0v) is 7.82. The standard InChI is InChI=1S/C10H13NO3/c1-3-5-10(7(12)4-2)6-8(13)11-9(10)14/h3-4,7,12H,1-2,5-6H2,(H,11,13,14). The van der Waals surface area contributed by atoms with E-state index in [9.17, 15) is 14.7 Å². The van der Waals surface area contributed by atoms with Crippen LogP contribution >= 0.6 is 0 Å². The largest absolute Gasteiger partial charge is 0.388 e. The lowest BCUT2D eigenvalue weighted by atomic mass is 9.77. The molecule has 0 aliphatic carbocycles. The molecule has 1 heterocycles. The number of aliphatic hydroxyl groups excluding tert-OH is 1. The summed E-state index contributed by atoms with van der Waals surface area (Å²) in [5.74, 6) is -0.812. The first-order valence-corrected chi connectivity index (χ1v) is 4.32. The molecule has 0 bridgehead atoms. The zero-order valence-electron chi connectivity index (χ0n) is 7.82. The number of rotatable bonds is 4. The summed E-state index contributed by atoms with van der Waals surface area (Å²) in [4.78, 5) is 22.6. The van der Waals surface area contributed by atoms with Gasteiger partial charge in [0.05, 0.1) is 11.5 Å². The van der Waals surface area contributed by atoms with Gasteiger partial charge in [-0.3, -0.25) is 14.9 Å². The normalized spacial score (nSPS) is 28.4. The number of hydrogen-bond donors (Lipinski definition) is 2. The molecule has 2 N–H and O–H groups in total. The monoisotopic (exact) mass is 195 g/mol. The molecular weight excluding hydrogens is 182 g/mol. The van der Waals surface area contributed by atoms with Crippen molar-refractivity contribution in [3.63, 3.8) is 0 Å². The Bertz CT molecular complexity index is 298.